The largest absolute Gasteiger partial charge is 0.317 e. The standard InChI is InChI=1S/C12H21N5/c1-10-12-15-14-9-17(12)7-6-16(10)8-11-2-4-13-5-3-11/h9-11,13H,2-8H2,1H3. The molecule has 1 N–H and O–H groups in total. The van der Waals surface area contributed by atoms with Gasteiger partial charge in [0, 0.05) is 19.6 Å². The number of fused-ring (bicyclic) bond motifs is 1. The molecule has 1 aromatic heterocycles. The second-order valence-corrected chi connectivity index (χ2v) is 5.25. The summed E-state index contributed by atoms with van der Waals surface area (Å²) in [6, 6.07) is 0.418. The number of aromatic nitrogens is 3. The third-order valence-electron chi connectivity index (χ3n) is 4.15. The van der Waals surface area contributed by atoms with E-state index in [2.05, 4.69) is 31.9 Å². The normalized spacial score (nSPS) is 27.0. The number of rotatable bonds is 2. The molecule has 0 spiro atoms. The molecule has 1 saturated heterocycles. The number of nitrogens with one attached hydrogen (secondary N) is 1. The van der Waals surface area contributed by atoms with Crippen LogP contribution in [0.5, 0.6) is 0 Å². The highest BCUT2D eigenvalue weighted by Gasteiger charge is 2.27. The Bertz CT molecular complexity index is 369. The van der Waals surface area contributed by atoms with E-state index in [0.29, 0.717) is 6.04 Å². The zero-order valence-corrected chi connectivity index (χ0v) is 10.5. The molecular formula is C12H21N5. The average molecular weight is 235 g/mol. The second-order valence-electron chi connectivity index (χ2n) is 5.25. The molecule has 0 aromatic carbocycles. The molecule has 3 rings (SSSR count). The lowest BCUT2D eigenvalue weighted by atomic mass is 9.96. The Morgan fingerprint density at radius 1 is 1.35 bits per heavy atom. The molecule has 0 amide bonds. The van der Waals surface area contributed by atoms with Crippen LogP contribution in [0.2, 0.25) is 0 Å². The smallest absolute Gasteiger partial charge is 0.149 e. The van der Waals surface area contributed by atoms with Crippen LogP contribution < -0.4 is 5.32 Å². The quantitative estimate of drug-likeness (QED) is 0.818. The fourth-order valence-electron chi connectivity index (χ4n) is 3.00. The van der Waals surface area contributed by atoms with E-state index in [0.717, 1.165) is 24.8 Å². The van der Waals surface area contributed by atoms with Crippen molar-refractivity contribution in [2.45, 2.75) is 32.4 Å². The molecule has 1 atom stereocenters. The molecule has 5 heteroatoms. The Kier molecular flexibility index (Phi) is 3.11. The number of hydrogen-bond acceptors (Lipinski definition) is 4. The zero-order chi connectivity index (χ0) is 11.7. The van der Waals surface area contributed by atoms with Crippen LogP contribution >= 0.6 is 0 Å². The first kappa shape index (κ1) is 11.2. The van der Waals surface area contributed by atoms with Gasteiger partial charge in [-0.15, -0.1) is 10.2 Å². The van der Waals surface area contributed by atoms with Crippen molar-refractivity contribution in [1.82, 2.24) is 25.0 Å². The summed E-state index contributed by atoms with van der Waals surface area (Å²) in [5.41, 5.74) is 0. The molecule has 5 nitrogen and oxygen atoms in total. The molecule has 1 fully saturated rings. The molecule has 0 saturated carbocycles. The fourth-order valence-corrected chi connectivity index (χ4v) is 3.00. The lowest BCUT2D eigenvalue weighted by Gasteiger charge is -2.36. The minimum absolute atomic E-state index is 0.418. The second kappa shape index (κ2) is 4.74. The minimum atomic E-state index is 0.418. The van der Waals surface area contributed by atoms with Gasteiger partial charge in [-0.05, 0) is 38.8 Å². The average Bonchev–Trinajstić information content (AvgIpc) is 2.83. The molecular weight excluding hydrogens is 214 g/mol. The van der Waals surface area contributed by atoms with Crippen LogP contribution in [-0.2, 0) is 6.54 Å². The first-order chi connectivity index (χ1) is 8.34. The lowest BCUT2D eigenvalue weighted by molar-refractivity contribution is 0.128. The molecule has 2 aliphatic rings. The zero-order valence-electron chi connectivity index (χ0n) is 10.5. The molecule has 3 heterocycles. The van der Waals surface area contributed by atoms with Gasteiger partial charge in [-0.1, -0.05) is 0 Å². The minimum Gasteiger partial charge on any atom is -0.317 e. The Balaban J connectivity index is 1.65. The van der Waals surface area contributed by atoms with E-state index in [1.807, 2.05) is 6.33 Å². The molecule has 94 valence electrons. The summed E-state index contributed by atoms with van der Waals surface area (Å²) in [5.74, 6) is 1.98. The SMILES string of the molecule is CC1c2nncn2CCN1CC1CCNCC1. The van der Waals surface area contributed by atoms with Crippen LogP contribution in [-0.4, -0.2) is 45.8 Å². The van der Waals surface area contributed by atoms with E-state index >= 15 is 0 Å². The Labute approximate surface area is 102 Å². The van der Waals surface area contributed by atoms with Gasteiger partial charge in [0.15, 0.2) is 0 Å². The van der Waals surface area contributed by atoms with Crippen LogP contribution in [0, 0.1) is 5.92 Å². The summed E-state index contributed by atoms with van der Waals surface area (Å²) < 4.78 is 2.18. The number of piperidine rings is 1. The van der Waals surface area contributed by atoms with Crippen molar-refractivity contribution in [2.75, 3.05) is 26.2 Å². The van der Waals surface area contributed by atoms with Gasteiger partial charge in [0.05, 0.1) is 6.04 Å². The first-order valence-corrected chi connectivity index (χ1v) is 6.67. The summed E-state index contributed by atoms with van der Waals surface area (Å²) in [4.78, 5) is 2.57. The van der Waals surface area contributed by atoms with E-state index in [1.165, 1.54) is 32.5 Å². The lowest BCUT2D eigenvalue weighted by Crippen LogP contribution is -2.42. The highest BCUT2D eigenvalue weighted by Crippen LogP contribution is 2.25. The van der Waals surface area contributed by atoms with Crippen molar-refractivity contribution in [2.24, 2.45) is 5.92 Å². The predicted octanol–water partition coefficient (Wildman–Crippen LogP) is 0.654. The molecule has 0 radical (unpaired) electrons. The maximum absolute atomic E-state index is 4.24. The first-order valence-electron chi connectivity index (χ1n) is 6.67. The van der Waals surface area contributed by atoms with Gasteiger partial charge in [-0.2, -0.15) is 0 Å². The number of nitrogens with zero attached hydrogens (tertiary/aromatic N) is 4. The van der Waals surface area contributed by atoms with Crippen LogP contribution in [0.1, 0.15) is 31.6 Å². The van der Waals surface area contributed by atoms with Crippen LogP contribution in [0.3, 0.4) is 0 Å². The fraction of sp³-hybridized carbons (Fsp3) is 0.833. The summed E-state index contributed by atoms with van der Waals surface area (Å²) in [6.07, 6.45) is 4.49. The Morgan fingerprint density at radius 3 is 3.00 bits per heavy atom. The summed E-state index contributed by atoms with van der Waals surface area (Å²) >= 11 is 0. The molecule has 0 aliphatic carbocycles. The summed E-state index contributed by atoms with van der Waals surface area (Å²) in [7, 11) is 0. The van der Waals surface area contributed by atoms with Crippen LogP contribution in [0.25, 0.3) is 0 Å². The van der Waals surface area contributed by atoms with E-state index in [1.54, 1.807) is 0 Å². The predicted molar refractivity (Wildman–Crippen MR) is 65.6 cm³/mol. The van der Waals surface area contributed by atoms with Crippen molar-refractivity contribution in [1.29, 1.82) is 0 Å². The van der Waals surface area contributed by atoms with Gasteiger partial charge in [-0.3, -0.25) is 4.90 Å². The highest BCUT2D eigenvalue weighted by molar-refractivity contribution is 4.98. The van der Waals surface area contributed by atoms with Crippen molar-refractivity contribution in [3.63, 3.8) is 0 Å². The van der Waals surface area contributed by atoms with Gasteiger partial charge in [0.1, 0.15) is 12.2 Å². The topological polar surface area (TPSA) is 46.0 Å². The molecule has 17 heavy (non-hydrogen) atoms. The van der Waals surface area contributed by atoms with Gasteiger partial charge in [0.2, 0.25) is 0 Å². The molecule has 1 unspecified atom stereocenters. The summed E-state index contributed by atoms with van der Waals surface area (Å²) in [5, 5.41) is 11.7. The van der Waals surface area contributed by atoms with Crippen molar-refractivity contribution in [3.8, 4) is 0 Å². The van der Waals surface area contributed by atoms with Gasteiger partial charge >= 0.3 is 0 Å². The third kappa shape index (κ3) is 2.21. The molecule has 1 aromatic rings. The maximum Gasteiger partial charge on any atom is 0.149 e. The van der Waals surface area contributed by atoms with Crippen molar-refractivity contribution in [3.05, 3.63) is 12.2 Å². The van der Waals surface area contributed by atoms with Gasteiger partial charge < -0.3 is 9.88 Å². The van der Waals surface area contributed by atoms with Gasteiger partial charge in [0.25, 0.3) is 0 Å². The molecule has 2 aliphatic heterocycles. The van der Waals surface area contributed by atoms with Crippen LogP contribution in [0.4, 0.5) is 0 Å². The van der Waals surface area contributed by atoms with E-state index in [4.69, 9.17) is 0 Å². The van der Waals surface area contributed by atoms with Crippen molar-refractivity contribution < 1.29 is 0 Å². The molecule has 0 bridgehead atoms. The summed E-state index contributed by atoms with van der Waals surface area (Å²) in [6.45, 7) is 8.01. The third-order valence-corrected chi connectivity index (χ3v) is 4.15. The Hall–Kier alpha value is -0.940. The van der Waals surface area contributed by atoms with E-state index < -0.39 is 0 Å². The van der Waals surface area contributed by atoms with E-state index in [-0.39, 0.29) is 0 Å². The number of hydrogen-bond donors (Lipinski definition) is 1. The van der Waals surface area contributed by atoms with E-state index in [9.17, 15) is 0 Å². The van der Waals surface area contributed by atoms with Crippen LogP contribution in [0.15, 0.2) is 6.33 Å². The monoisotopic (exact) mass is 235 g/mol. The van der Waals surface area contributed by atoms with Gasteiger partial charge in [-0.25, -0.2) is 0 Å². The maximum atomic E-state index is 4.24. The highest BCUT2D eigenvalue weighted by atomic mass is 15.3. The van der Waals surface area contributed by atoms with Crippen molar-refractivity contribution >= 4 is 0 Å². The Morgan fingerprint density at radius 2 is 2.18 bits per heavy atom.